The first-order valence-electron chi connectivity index (χ1n) is 17.3. The van der Waals surface area contributed by atoms with E-state index in [1.807, 2.05) is 62.3 Å². The molecule has 1 saturated carbocycles. The summed E-state index contributed by atoms with van der Waals surface area (Å²) in [5, 5.41) is 13.7. The molecule has 13 heteroatoms. The van der Waals surface area contributed by atoms with Gasteiger partial charge in [0.2, 0.25) is 17.6 Å². The van der Waals surface area contributed by atoms with Crippen LogP contribution in [0.2, 0.25) is 0 Å². The Morgan fingerprint density at radius 2 is 1.56 bits per heavy atom. The maximum absolute atomic E-state index is 14.3. The van der Waals surface area contributed by atoms with Crippen molar-refractivity contribution in [2.75, 3.05) is 26.2 Å². The summed E-state index contributed by atoms with van der Waals surface area (Å²) in [6.45, 7) is 21.5. The highest BCUT2D eigenvalue weighted by atomic mass is 16.5. The molecule has 2 aliphatic rings. The van der Waals surface area contributed by atoms with Crippen LogP contribution in [0.25, 0.3) is 0 Å². The molecule has 2 fully saturated rings. The quantitative estimate of drug-likeness (QED) is 0.123. The second-order valence-corrected chi connectivity index (χ2v) is 15.6. The Balaban J connectivity index is 2.24. The third kappa shape index (κ3) is 12.1. The highest BCUT2D eigenvalue weighted by Crippen LogP contribution is 2.33. The summed E-state index contributed by atoms with van der Waals surface area (Å²) in [5.74, 6) is -2.17. The van der Waals surface area contributed by atoms with Crippen LogP contribution in [0, 0.1) is 28.6 Å². The molecule has 1 aliphatic carbocycles. The largest absolute Gasteiger partial charge is 0.447 e. The normalized spacial score (nSPS) is 19.8. The molecule has 1 heterocycles. The number of likely N-dealkylation sites (tertiary alicyclic amines) is 1. The van der Waals surface area contributed by atoms with E-state index in [0.29, 0.717) is 25.3 Å². The number of ketones is 1. The summed E-state index contributed by atoms with van der Waals surface area (Å²) in [6.07, 6.45) is 4.46. The third-order valence-corrected chi connectivity index (χ3v) is 9.05. The van der Waals surface area contributed by atoms with Crippen molar-refractivity contribution in [1.29, 1.82) is 0 Å². The maximum atomic E-state index is 14.3. The van der Waals surface area contributed by atoms with E-state index in [4.69, 9.17) is 4.74 Å². The lowest BCUT2D eigenvalue weighted by Gasteiger charge is -2.38. The first kappa shape index (κ1) is 40.5. The minimum absolute atomic E-state index is 0.0353. The molecule has 0 aromatic heterocycles. The van der Waals surface area contributed by atoms with Crippen molar-refractivity contribution in [3.05, 3.63) is 12.7 Å². The van der Waals surface area contributed by atoms with Crippen LogP contribution in [0.4, 0.5) is 9.59 Å². The number of rotatable bonds is 16. The molecule has 6 amide bonds. The summed E-state index contributed by atoms with van der Waals surface area (Å²) < 4.78 is 5.42. The number of hydrogen-bond acceptors (Lipinski definition) is 7. The van der Waals surface area contributed by atoms with Crippen molar-refractivity contribution in [1.82, 2.24) is 31.5 Å². The smallest absolute Gasteiger partial charge is 0.407 e. The van der Waals surface area contributed by atoms with Gasteiger partial charge in [0.05, 0.1) is 12.1 Å². The van der Waals surface area contributed by atoms with E-state index in [1.54, 1.807) is 0 Å². The second-order valence-electron chi connectivity index (χ2n) is 15.6. The number of carbonyl (C=O) groups is 6. The van der Waals surface area contributed by atoms with Crippen LogP contribution >= 0.6 is 0 Å². The Hall–Kier alpha value is -3.64. The highest BCUT2D eigenvalue weighted by Gasteiger charge is 2.48. The maximum Gasteiger partial charge on any atom is 0.407 e. The van der Waals surface area contributed by atoms with Gasteiger partial charge in [-0.3, -0.25) is 19.2 Å². The van der Waals surface area contributed by atoms with Crippen LogP contribution in [-0.4, -0.2) is 90.9 Å². The topological polar surface area (TPSA) is 175 Å². The number of nitrogens with zero attached hydrogens (tertiary/aromatic N) is 1. The molecule has 1 aliphatic heterocycles. The fraction of sp³-hybridized carbons (Fsp3) is 0.771. The van der Waals surface area contributed by atoms with Crippen LogP contribution in [-0.2, 0) is 23.9 Å². The molecule has 2 rings (SSSR count). The summed E-state index contributed by atoms with van der Waals surface area (Å²) >= 11 is 0. The lowest BCUT2D eigenvalue weighted by Crippen LogP contribution is -2.62. The minimum atomic E-state index is -1.05. The number of carbonyl (C=O) groups excluding carboxylic acids is 6. The van der Waals surface area contributed by atoms with Gasteiger partial charge in [-0.05, 0) is 54.3 Å². The van der Waals surface area contributed by atoms with Crippen molar-refractivity contribution in [2.24, 2.45) is 28.6 Å². The second kappa shape index (κ2) is 17.7. The van der Waals surface area contributed by atoms with Crippen LogP contribution < -0.4 is 26.6 Å². The monoisotopic (exact) mass is 676 g/mol. The first-order valence-corrected chi connectivity index (χ1v) is 17.3. The average molecular weight is 677 g/mol. The number of amides is 6. The van der Waals surface area contributed by atoms with E-state index in [-0.39, 0.29) is 38.0 Å². The van der Waals surface area contributed by atoms with E-state index in [9.17, 15) is 28.8 Å². The average Bonchev–Trinajstić information content (AvgIpc) is 3.72. The van der Waals surface area contributed by atoms with Gasteiger partial charge in [-0.2, -0.15) is 0 Å². The predicted molar refractivity (Wildman–Crippen MR) is 184 cm³/mol. The predicted octanol–water partition coefficient (Wildman–Crippen LogP) is 3.28. The number of nitrogens with one attached hydrogen (secondary N) is 5. The van der Waals surface area contributed by atoms with Crippen molar-refractivity contribution in [3.63, 3.8) is 0 Å². The lowest BCUT2D eigenvalue weighted by atomic mass is 9.84. The first-order chi connectivity index (χ1) is 22.3. The summed E-state index contributed by atoms with van der Waals surface area (Å²) in [7, 11) is 0. The van der Waals surface area contributed by atoms with Crippen molar-refractivity contribution >= 4 is 35.6 Å². The zero-order valence-corrected chi connectivity index (χ0v) is 30.5. The zero-order chi connectivity index (χ0) is 36.4. The van der Waals surface area contributed by atoms with Crippen molar-refractivity contribution in [3.8, 4) is 0 Å². The summed E-state index contributed by atoms with van der Waals surface area (Å²) in [5.41, 5.74) is -1.22. The van der Waals surface area contributed by atoms with Gasteiger partial charge < -0.3 is 36.2 Å². The number of Topliss-reactive ketones (excluding diaryl/α,β-unsaturated/α-hetero) is 1. The van der Waals surface area contributed by atoms with Gasteiger partial charge in [0.25, 0.3) is 5.91 Å². The molecule has 0 aromatic carbocycles. The number of hydrogen-bond donors (Lipinski definition) is 5. The molecular formula is C35H60N6O7. The minimum Gasteiger partial charge on any atom is -0.447 e. The molecule has 1 unspecified atom stereocenters. The SMILES string of the molecule is C=CCNC(=O)C(=O)C(CCC)NC(=O)[C@@H]1[C@@H](C(C)C)CCN1C(=O)[C@@H](NC(=O)N[C@H](COC(=O)NCC1CC1)C(C)(C)C)C(C)(C)C. The van der Waals surface area contributed by atoms with Gasteiger partial charge in [0, 0.05) is 19.6 Å². The van der Waals surface area contributed by atoms with Crippen LogP contribution in [0.3, 0.4) is 0 Å². The van der Waals surface area contributed by atoms with Gasteiger partial charge in [0.15, 0.2) is 0 Å². The fourth-order valence-corrected chi connectivity index (χ4v) is 5.74. The third-order valence-electron chi connectivity index (χ3n) is 9.05. The number of urea groups is 1. The Labute approximate surface area is 286 Å². The van der Waals surface area contributed by atoms with Crippen molar-refractivity contribution in [2.45, 2.75) is 119 Å². The zero-order valence-electron chi connectivity index (χ0n) is 30.5. The molecule has 0 spiro atoms. The lowest BCUT2D eigenvalue weighted by molar-refractivity contribution is -0.144. The Morgan fingerprint density at radius 1 is 0.917 bits per heavy atom. The molecule has 1 saturated heterocycles. The van der Waals surface area contributed by atoms with Gasteiger partial charge in [-0.15, -0.1) is 6.58 Å². The molecule has 5 N–H and O–H groups in total. The number of ether oxygens (including phenoxy) is 1. The molecule has 48 heavy (non-hydrogen) atoms. The van der Waals surface area contributed by atoms with Crippen LogP contribution in [0.1, 0.15) is 94.4 Å². The summed E-state index contributed by atoms with van der Waals surface area (Å²) in [6, 6.07) is -4.13. The van der Waals surface area contributed by atoms with E-state index >= 15 is 0 Å². The molecule has 272 valence electrons. The van der Waals surface area contributed by atoms with Crippen LogP contribution in [0.5, 0.6) is 0 Å². The van der Waals surface area contributed by atoms with E-state index in [1.165, 1.54) is 11.0 Å². The highest BCUT2D eigenvalue weighted by molar-refractivity contribution is 6.38. The standard InChI is InChI=1S/C35H60N6O7/c1-11-13-24(27(42)30(44)36-17-12-2)38-29(43)26-23(21(3)4)16-18-41(26)31(45)28(35(8,9)10)40-32(46)39-25(34(5,6)7)20-48-33(47)37-19-22-14-15-22/h12,21-26,28H,2,11,13-20H2,1,3-10H3,(H,36,44)(H,37,47)(H,38,43)(H2,39,40,46)/t23-,24?,25-,26+,28-/m1/s1. The molecule has 0 aromatic rings. The summed E-state index contributed by atoms with van der Waals surface area (Å²) in [4.78, 5) is 80.8. The number of alkyl carbamates (subject to hydrolysis) is 1. The molecule has 0 bridgehead atoms. The van der Waals surface area contributed by atoms with Gasteiger partial charge in [0.1, 0.15) is 18.7 Å². The molecule has 13 nitrogen and oxygen atoms in total. The van der Waals surface area contributed by atoms with Crippen molar-refractivity contribution < 1.29 is 33.5 Å². The van der Waals surface area contributed by atoms with E-state index in [0.717, 1.165) is 12.8 Å². The Morgan fingerprint density at radius 3 is 2.08 bits per heavy atom. The molecule has 5 atom stereocenters. The van der Waals surface area contributed by atoms with E-state index < -0.39 is 70.6 Å². The fourth-order valence-electron chi connectivity index (χ4n) is 5.74. The Bertz CT molecular complexity index is 1170. The Kier molecular flexibility index (Phi) is 14.9. The van der Waals surface area contributed by atoms with Gasteiger partial charge >= 0.3 is 12.1 Å². The van der Waals surface area contributed by atoms with Gasteiger partial charge in [-0.25, -0.2) is 9.59 Å². The molecule has 0 radical (unpaired) electrons. The molecular weight excluding hydrogens is 616 g/mol. The van der Waals surface area contributed by atoms with Gasteiger partial charge in [-0.1, -0.05) is 74.8 Å². The van der Waals surface area contributed by atoms with Crippen LogP contribution in [0.15, 0.2) is 12.7 Å². The van der Waals surface area contributed by atoms with E-state index in [2.05, 4.69) is 33.2 Å².